The quantitative estimate of drug-likeness (QED) is 0.750. The predicted molar refractivity (Wildman–Crippen MR) is 53.5 cm³/mol. The maximum Gasteiger partial charge on any atom is 0.0411 e. The van der Waals surface area contributed by atoms with Crippen molar-refractivity contribution in [2.45, 2.75) is 26.3 Å². The molecule has 2 N–H and O–H groups in total. The molecule has 1 aromatic carbocycles. The van der Waals surface area contributed by atoms with Crippen LogP contribution in [0.2, 0.25) is 5.02 Å². The lowest BCUT2D eigenvalue weighted by atomic mass is 10.1. The van der Waals surface area contributed by atoms with Gasteiger partial charge in [0, 0.05) is 11.1 Å². The van der Waals surface area contributed by atoms with Crippen molar-refractivity contribution in [3.8, 4) is 0 Å². The standard InChI is InChI=1S/C10H14ClN/c1-7-3-9(5-8(2)12)6-10(11)4-7/h3-4,6,8H,5,12H2,1-2H3/t8-/m1/s1. The fourth-order valence-electron chi connectivity index (χ4n) is 1.30. The van der Waals surface area contributed by atoms with Crippen LogP contribution in [0.25, 0.3) is 0 Å². The molecule has 0 aromatic heterocycles. The van der Waals surface area contributed by atoms with Crippen molar-refractivity contribution in [2.24, 2.45) is 5.73 Å². The van der Waals surface area contributed by atoms with Gasteiger partial charge in [0.15, 0.2) is 0 Å². The van der Waals surface area contributed by atoms with Crippen LogP contribution in [-0.2, 0) is 6.42 Å². The monoisotopic (exact) mass is 183 g/mol. The van der Waals surface area contributed by atoms with Crippen LogP contribution in [0, 0.1) is 6.92 Å². The molecular weight excluding hydrogens is 170 g/mol. The minimum atomic E-state index is 0.197. The Kier molecular flexibility index (Phi) is 3.12. The largest absolute Gasteiger partial charge is 0.328 e. The molecule has 0 fully saturated rings. The average molecular weight is 184 g/mol. The van der Waals surface area contributed by atoms with Gasteiger partial charge in [-0.3, -0.25) is 0 Å². The number of nitrogens with two attached hydrogens (primary N) is 1. The molecule has 0 aliphatic heterocycles. The maximum absolute atomic E-state index is 5.89. The van der Waals surface area contributed by atoms with Gasteiger partial charge < -0.3 is 5.73 Å². The Bertz CT molecular complexity index is 248. The highest BCUT2D eigenvalue weighted by molar-refractivity contribution is 6.30. The van der Waals surface area contributed by atoms with Crippen LogP contribution in [0.4, 0.5) is 0 Å². The number of benzene rings is 1. The van der Waals surface area contributed by atoms with E-state index in [9.17, 15) is 0 Å². The molecule has 0 aliphatic rings. The van der Waals surface area contributed by atoms with Crippen molar-refractivity contribution in [3.63, 3.8) is 0 Å². The minimum Gasteiger partial charge on any atom is -0.328 e. The van der Waals surface area contributed by atoms with Gasteiger partial charge in [-0.05, 0) is 43.5 Å². The van der Waals surface area contributed by atoms with Crippen LogP contribution in [0.5, 0.6) is 0 Å². The third kappa shape index (κ3) is 2.84. The molecule has 1 rings (SSSR count). The molecule has 66 valence electrons. The molecule has 0 radical (unpaired) electrons. The van der Waals surface area contributed by atoms with E-state index < -0.39 is 0 Å². The SMILES string of the molecule is Cc1cc(Cl)cc(C[C@@H](C)N)c1. The Balaban J connectivity index is 2.85. The van der Waals surface area contributed by atoms with E-state index in [1.165, 1.54) is 11.1 Å². The number of hydrogen-bond donors (Lipinski definition) is 1. The molecule has 2 heteroatoms. The first-order chi connectivity index (χ1) is 5.58. The highest BCUT2D eigenvalue weighted by atomic mass is 35.5. The molecule has 0 aliphatic carbocycles. The Morgan fingerprint density at radius 3 is 2.58 bits per heavy atom. The average Bonchev–Trinajstić information content (AvgIpc) is 1.81. The van der Waals surface area contributed by atoms with E-state index in [4.69, 9.17) is 17.3 Å². The van der Waals surface area contributed by atoms with Crippen molar-refractivity contribution in [3.05, 3.63) is 34.3 Å². The zero-order valence-corrected chi connectivity index (χ0v) is 8.23. The van der Waals surface area contributed by atoms with E-state index in [-0.39, 0.29) is 6.04 Å². The normalized spacial score (nSPS) is 13.0. The van der Waals surface area contributed by atoms with Crippen LogP contribution in [-0.4, -0.2) is 6.04 Å². The van der Waals surface area contributed by atoms with Crippen molar-refractivity contribution in [1.29, 1.82) is 0 Å². The molecule has 1 aromatic rings. The minimum absolute atomic E-state index is 0.197. The highest BCUT2D eigenvalue weighted by Gasteiger charge is 1.99. The second kappa shape index (κ2) is 3.92. The second-order valence-electron chi connectivity index (χ2n) is 3.32. The van der Waals surface area contributed by atoms with Crippen molar-refractivity contribution in [2.75, 3.05) is 0 Å². The summed E-state index contributed by atoms with van der Waals surface area (Å²) in [6.45, 7) is 4.03. The van der Waals surface area contributed by atoms with Crippen LogP contribution >= 0.6 is 11.6 Å². The third-order valence-electron chi connectivity index (χ3n) is 1.66. The number of rotatable bonds is 2. The third-order valence-corrected chi connectivity index (χ3v) is 1.88. The molecule has 0 spiro atoms. The highest BCUT2D eigenvalue weighted by Crippen LogP contribution is 2.15. The summed E-state index contributed by atoms with van der Waals surface area (Å²) in [5.41, 5.74) is 8.09. The van der Waals surface area contributed by atoms with Gasteiger partial charge in [-0.15, -0.1) is 0 Å². The van der Waals surface area contributed by atoms with E-state index in [2.05, 4.69) is 6.07 Å². The smallest absolute Gasteiger partial charge is 0.0411 e. The Labute approximate surface area is 78.5 Å². The molecule has 1 nitrogen and oxygen atoms in total. The lowest BCUT2D eigenvalue weighted by Crippen LogP contribution is -2.17. The Morgan fingerprint density at radius 1 is 1.42 bits per heavy atom. The van der Waals surface area contributed by atoms with E-state index in [0.717, 1.165) is 11.4 Å². The molecular formula is C10H14ClN. The van der Waals surface area contributed by atoms with Gasteiger partial charge in [-0.25, -0.2) is 0 Å². The molecule has 0 bridgehead atoms. The van der Waals surface area contributed by atoms with Crippen molar-refractivity contribution < 1.29 is 0 Å². The number of aryl methyl sites for hydroxylation is 1. The van der Waals surface area contributed by atoms with Gasteiger partial charge in [-0.1, -0.05) is 17.7 Å². The molecule has 0 unspecified atom stereocenters. The zero-order chi connectivity index (χ0) is 9.14. The van der Waals surface area contributed by atoms with E-state index in [1.54, 1.807) is 0 Å². The summed E-state index contributed by atoms with van der Waals surface area (Å²) in [4.78, 5) is 0. The fraction of sp³-hybridized carbons (Fsp3) is 0.400. The van der Waals surface area contributed by atoms with Crippen molar-refractivity contribution >= 4 is 11.6 Å². The fourth-order valence-corrected chi connectivity index (χ4v) is 1.61. The summed E-state index contributed by atoms with van der Waals surface area (Å²) < 4.78 is 0. The molecule has 12 heavy (non-hydrogen) atoms. The van der Waals surface area contributed by atoms with Crippen LogP contribution < -0.4 is 5.73 Å². The van der Waals surface area contributed by atoms with Gasteiger partial charge in [0.25, 0.3) is 0 Å². The topological polar surface area (TPSA) is 26.0 Å². The summed E-state index contributed by atoms with van der Waals surface area (Å²) in [5, 5.41) is 0.797. The first-order valence-corrected chi connectivity index (χ1v) is 4.47. The molecule has 0 saturated heterocycles. The van der Waals surface area contributed by atoms with Crippen LogP contribution in [0.3, 0.4) is 0 Å². The Hall–Kier alpha value is -0.530. The summed E-state index contributed by atoms with van der Waals surface area (Å²) in [7, 11) is 0. The van der Waals surface area contributed by atoms with E-state index in [1.807, 2.05) is 26.0 Å². The molecule has 0 heterocycles. The van der Waals surface area contributed by atoms with Gasteiger partial charge in [0.2, 0.25) is 0 Å². The Morgan fingerprint density at radius 2 is 2.08 bits per heavy atom. The van der Waals surface area contributed by atoms with Crippen molar-refractivity contribution in [1.82, 2.24) is 0 Å². The first kappa shape index (κ1) is 9.56. The van der Waals surface area contributed by atoms with E-state index >= 15 is 0 Å². The first-order valence-electron chi connectivity index (χ1n) is 4.09. The van der Waals surface area contributed by atoms with Gasteiger partial charge >= 0.3 is 0 Å². The van der Waals surface area contributed by atoms with E-state index in [0.29, 0.717) is 0 Å². The van der Waals surface area contributed by atoms with Gasteiger partial charge in [-0.2, -0.15) is 0 Å². The number of hydrogen-bond acceptors (Lipinski definition) is 1. The zero-order valence-electron chi connectivity index (χ0n) is 7.47. The molecule has 0 amide bonds. The summed E-state index contributed by atoms with van der Waals surface area (Å²) in [5.74, 6) is 0. The molecule has 0 saturated carbocycles. The number of halogens is 1. The summed E-state index contributed by atoms with van der Waals surface area (Å²) in [6, 6.07) is 6.24. The van der Waals surface area contributed by atoms with Gasteiger partial charge in [0.05, 0.1) is 0 Å². The molecule has 1 atom stereocenters. The second-order valence-corrected chi connectivity index (χ2v) is 3.75. The maximum atomic E-state index is 5.89. The van der Waals surface area contributed by atoms with Gasteiger partial charge in [0.1, 0.15) is 0 Å². The summed E-state index contributed by atoms with van der Waals surface area (Å²) in [6.07, 6.45) is 0.890. The van der Waals surface area contributed by atoms with Crippen LogP contribution in [0.15, 0.2) is 18.2 Å². The lowest BCUT2D eigenvalue weighted by molar-refractivity contribution is 0.738. The summed E-state index contributed by atoms with van der Waals surface area (Å²) >= 11 is 5.89. The predicted octanol–water partition coefficient (Wildman–Crippen LogP) is 2.54. The lowest BCUT2D eigenvalue weighted by Gasteiger charge is -2.06. The van der Waals surface area contributed by atoms with Crippen LogP contribution in [0.1, 0.15) is 18.1 Å².